The van der Waals surface area contributed by atoms with Crippen LogP contribution in [0.25, 0.3) is 0 Å². The summed E-state index contributed by atoms with van der Waals surface area (Å²) in [7, 11) is 1.64. The zero-order chi connectivity index (χ0) is 28.7. The topological polar surface area (TPSA) is 128 Å². The first-order valence-corrected chi connectivity index (χ1v) is 12.9. The molecule has 2 N–H and O–H groups in total. The number of carbonyl (C=O) groups excluding carboxylic acids is 4. The van der Waals surface area contributed by atoms with Gasteiger partial charge in [-0.3, -0.25) is 19.2 Å². The van der Waals surface area contributed by atoms with Crippen molar-refractivity contribution in [3.63, 3.8) is 0 Å². The maximum Gasteiger partial charge on any atom is 0.256 e. The molecule has 4 amide bonds. The van der Waals surface area contributed by atoms with E-state index in [2.05, 4.69) is 20.8 Å². The second kappa shape index (κ2) is 10.6. The Hall–Kier alpha value is -4.48. The zero-order valence-electron chi connectivity index (χ0n) is 21.6. The van der Waals surface area contributed by atoms with Gasteiger partial charge in [0.2, 0.25) is 11.8 Å². The van der Waals surface area contributed by atoms with Crippen molar-refractivity contribution in [1.29, 1.82) is 0 Å². The monoisotopic (exact) mass is 579 g/mol. The molecule has 2 atom stereocenters. The third-order valence-corrected chi connectivity index (χ3v) is 7.03. The zero-order valence-corrected chi connectivity index (χ0v) is 23.1. The van der Waals surface area contributed by atoms with Gasteiger partial charge in [0.25, 0.3) is 11.8 Å². The summed E-state index contributed by atoms with van der Waals surface area (Å²) in [4.78, 5) is 52.0. The lowest BCUT2D eigenvalue weighted by molar-refractivity contribution is -0.140. The predicted molar refractivity (Wildman–Crippen MR) is 148 cm³/mol. The lowest BCUT2D eigenvalue weighted by Crippen LogP contribution is -2.50. The molecular formula is C27H23Cl2N7O4. The second-order valence-corrected chi connectivity index (χ2v) is 10.0. The van der Waals surface area contributed by atoms with Crippen LogP contribution in [0.2, 0.25) is 10.0 Å². The molecule has 2 aliphatic rings. The van der Waals surface area contributed by atoms with Crippen molar-refractivity contribution in [3.8, 4) is 0 Å². The maximum absolute atomic E-state index is 13.4. The third-order valence-electron chi connectivity index (χ3n) is 6.52. The summed E-state index contributed by atoms with van der Waals surface area (Å²) in [6.07, 6.45) is 0. The molecule has 2 aromatic carbocycles. The highest BCUT2D eigenvalue weighted by Gasteiger charge is 2.41. The van der Waals surface area contributed by atoms with Crippen molar-refractivity contribution in [2.75, 3.05) is 0 Å². The molecule has 0 radical (unpaired) electrons. The van der Waals surface area contributed by atoms with Gasteiger partial charge in [-0.25, -0.2) is 10.0 Å². The molecule has 40 heavy (non-hydrogen) atoms. The van der Waals surface area contributed by atoms with Crippen molar-refractivity contribution >= 4 is 58.5 Å². The molecule has 3 heterocycles. The Morgan fingerprint density at radius 2 is 1.02 bits per heavy atom. The Bertz CT molecular complexity index is 1480. The number of amides is 4. The minimum Gasteiger partial charge on any atom is -0.347 e. The molecule has 2 aliphatic heterocycles. The molecule has 0 fully saturated rings. The van der Waals surface area contributed by atoms with Crippen LogP contribution in [0.1, 0.15) is 48.4 Å². The lowest BCUT2D eigenvalue weighted by Gasteiger charge is -2.33. The van der Waals surface area contributed by atoms with Gasteiger partial charge in [0.05, 0.1) is 11.4 Å². The van der Waals surface area contributed by atoms with Gasteiger partial charge in [0, 0.05) is 42.1 Å². The van der Waals surface area contributed by atoms with Gasteiger partial charge >= 0.3 is 0 Å². The Morgan fingerprint density at radius 1 is 0.675 bits per heavy atom. The lowest BCUT2D eigenvalue weighted by atomic mass is 10.1. The van der Waals surface area contributed by atoms with Crippen LogP contribution >= 0.6 is 23.2 Å². The number of amidine groups is 2. The van der Waals surface area contributed by atoms with Crippen molar-refractivity contribution < 1.29 is 19.2 Å². The number of hydrogen-bond acceptors (Lipinski definition) is 6. The van der Waals surface area contributed by atoms with Crippen molar-refractivity contribution in [3.05, 3.63) is 93.2 Å². The quantitative estimate of drug-likeness (QED) is 0.492. The number of nitrogens with zero attached hydrogens (tertiary/aromatic N) is 5. The number of aromatic nitrogens is 1. The van der Waals surface area contributed by atoms with Crippen molar-refractivity contribution in [1.82, 2.24) is 25.2 Å². The van der Waals surface area contributed by atoms with Crippen LogP contribution < -0.4 is 10.6 Å². The summed E-state index contributed by atoms with van der Waals surface area (Å²) in [5, 5.41) is 17.5. The summed E-state index contributed by atoms with van der Waals surface area (Å²) in [6, 6.07) is 14.3. The van der Waals surface area contributed by atoms with E-state index in [0.29, 0.717) is 32.6 Å². The van der Waals surface area contributed by atoms with E-state index in [4.69, 9.17) is 23.2 Å². The summed E-state index contributed by atoms with van der Waals surface area (Å²) in [5.41, 5.74) is 1.90. The van der Waals surface area contributed by atoms with E-state index in [1.807, 2.05) is 0 Å². The van der Waals surface area contributed by atoms with Gasteiger partial charge in [-0.1, -0.05) is 23.2 Å². The van der Waals surface area contributed by atoms with Crippen LogP contribution in [0.3, 0.4) is 0 Å². The van der Waals surface area contributed by atoms with E-state index >= 15 is 0 Å². The van der Waals surface area contributed by atoms with Gasteiger partial charge in [0.15, 0.2) is 23.8 Å². The predicted octanol–water partition coefficient (Wildman–Crippen LogP) is 3.09. The highest BCUT2D eigenvalue weighted by atomic mass is 35.5. The fraction of sp³-hybridized carbons (Fsp3) is 0.185. The molecule has 0 saturated heterocycles. The van der Waals surface area contributed by atoms with E-state index in [9.17, 15) is 19.2 Å². The molecular weight excluding hydrogens is 557 g/mol. The molecule has 5 rings (SSSR count). The average molecular weight is 580 g/mol. The first kappa shape index (κ1) is 27.1. The summed E-state index contributed by atoms with van der Waals surface area (Å²) in [5.74, 6) is -1.54. The van der Waals surface area contributed by atoms with Crippen LogP contribution in [0.5, 0.6) is 0 Å². The molecule has 0 bridgehead atoms. The van der Waals surface area contributed by atoms with Gasteiger partial charge in [-0.2, -0.15) is 10.2 Å². The third kappa shape index (κ3) is 4.96. The fourth-order valence-corrected chi connectivity index (χ4v) is 4.82. The van der Waals surface area contributed by atoms with Crippen LogP contribution in [0.15, 0.2) is 70.9 Å². The van der Waals surface area contributed by atoms with Crippen LogP contribution in [0, 0.1) is 0 Å². The SMILES string of the molecule is CC(=O)N1N=C(c2ccc(Cl)cc2)NC(=O)C1c1ccc(C2C(=O)NC(c3ccc(Cl)cc3)=NN2C(C)=O)n1C. The second-order valence-electron chi connectivity index (χ2n) is 9.16. The van der Waals surface area contributed by atoms with Gasteiger partial charge < -0.3 is 15.2 Å². The Kier molecular flexibility index (Phi) is 7.17. The first-order valence-electron chi connectivity index (χ1n) is 12.1. The minimum atomic E-state index is -1.13. The van der Waals surface area contributed by atoms with Crippen LogP contribution in [-0.4, -0.2) is 49.9 Å². The largest absolute Gasteiger partial charge is 0.347 e. The molecule has 3 aromatic rings. The summed E-state index contributed by atoms with van der Waals surface area (Å²) >= 11 is 11.9. The molecule has 2 unspecified atom stereocenters. The fourth-order valence-electron chi connectivity index (χ4n) is 4.56. The Morgan fingerprint density at radius 3 is 1.35 bits per heavy atom. The highest BCUT2D eigenvalue weighted by Crippen LogP contribution is 2.32. The van der Waals surface area contributed by atoms with Crippen molar-refractivity contribution in [2.24, 2.45) is 17.3 Å². The molecule has 0 spiro atoms. The molecule has 1 aromatic heterocycles. The number of hydrogen-bond donors (Lipinski definition) is 2. The number of halogens is 2. The average Bonchev–Trinajstić information content (AvgIpc) is 3.28. The van der Waals surface area contributed by atoms with Crippen LogP contribution in [0.4, 0.5) is 0 Å². The Balaban J connectivity index is 1.51. The van der Waals surface area contributed by atoms with Gasteiger partial charge in [0.1, 0.15) is 0 Å². The number of nitrogens with one attached hydrogen (secondary N) is 2. The highest BCUT2D eigenvalue weighted by molar-refractivity contribution is 6.31. The van der Waals surface area contributed by atoms with Crippen LogP contribution in [-0.2, 0) is 26.2 Å². The number of hydrazone groups is 2. The van der Waals surface area contributed by atoms with E-state index in [0.717, 1.165) is 10.0 Å². The standard InChI is InChI=1S/C27H23Cl2N7O4/c1-14(37)35-22(26(39)30-24(32-35)16-4-8-18(28)9-5-16)20-12-13-21(34(20)3)23-27(40)31-25(33-36(23)15(2)38)17-6-10-19(29)11-7-17/h4-13,22-23H,1-3H3,(H,30,32,39)(H,31,33,40). The molecule has 13 heteroatoms. The number of benzene rings is 2. The maximum atomic E-state index is 13.4. The van der Waals surface area contributed by atoms with E-state index in [1.54, 1.807) is 72.3 Å². The van der Waals surface area contributed by atoms with Gasteiger partial charge in [-0.15, -0.1) is 0 Å². The smallest absolute Gasteiger partial charge is 0.256 e. The Labute approximate surface area is 239 Å². The number of rotatable bonds is 4. The molecule has 0 saturated carbocycles. The van der Waals surface area contributed by atoms with Gasteiger partial charge in [-0.05, 0) is 60.7 Å². The van der Waals surface area contributed by atoms with Crippen molar-refractivity contribution in [2.45, 2.75) is 25.9 Å². The molecule has 0 aliphatic carbocycles. The summed E-state index contributed by atoms with van der Waals surface area (Å²) in [6.45, 7) is 2.61. The van der Waals surface area contributed by atoms with E-state index in [-0.39, 0.29) is 11.7 Å². The first-order chi connectivity index (χ1) is 19.0. The molecule has 204 valence electrons. The minimum absolute atomic E-state index is 0.195. The molecule has 11 nitrogen and oxygen atoms in total. The van der Waals surface area contributed by atoms with E-state index < -0.39 is 35.7 Å². The van der Waals surface area contributed by atoms with E-state index in [1.165, 1.54) is 13.8 Å². The number of carbonyl (C=O) groups is 4. The summed E-state index contributed by atoms with van der Waals surface area (Å²) < 4.78 is 1.59. The normalized spacial score (nSPS) is 19.0.